The summed E-state index contributed by atoms with van der Waals surface area (Å²) in [6.07, 6.45) is 0. The van der Waals surface area contributed by atoms with E-state index in [2.05, 4.69) is 20.7 Å². The van der Waals surface area contributed by atoms with E-state index >= 15 is 0 Å². The minimum Gasteiger partial charge on any atom is -0.326 e. The summed E-state index contributed by atoms with van der Waals surface area (Å²) in [7, 11) is -4.06. The van der Waals surface area contributed by atoms with Crippen LogP contribution in [0.1, 0.15) is 5.56 Å². The van der Waals surface area contributed by atoms with Crippen molar-refractivity contribution in [1.29, 1.82) is 0 Å². The lowest BCUT2D eigenvalue weighted by atomic mass is 10.2. The topological polar surface area (TPSA) is 72.2 Å². The lowest BCUT2D eigenvalue weighted by Crippen LogP contribution is -2.15. The lowest BCUT2D eigenvalue weighted by molar-refractivity contribution is 0.569. The van der Waals surface area contributed by atoms with E-state index in [-0.39, 0.29) is 12.2 Å². The van der Waals surface area contributed by atoms with Crippen LogP contribution >= 0.6 is 27.5 Å². The molecule has 21 heavy (non-hydrogen) atoms. The largest absolute Gasteiger partial charge is 0.326 e. The molecule has 0 heterocycles. The summed E-state index contributed by atoms with van der Waals surface area (Å²) < 4.78 is 41.1. The lowest BCUT2D eigenvalue weighted by Gasteiger charge is -2.11. The van der Waals surface area contributed by atoms with Gasteiger partial charge in [-0.1, -0.05) is 23.7 Å². The van der Waals surface area contributed by atoms with Crippen LogP contribution in [0.2, 0.25) is 5.02 Å². The second-order valence-electron chi connectivity index (χ2n) is 4.18. The SMILES string of the molecule is NCc1ccc(S(=O)(=O)Nc2cccc(Cl)c2Br)c(F)c1. The van der Waals surface area contributed by atoms with E-state index in [0.717, 1.165) is 6.07 Å². The highest BCUT2D eigenvalue weighted by molar-refractivity contribution is 9.10. The normalized spacial score (nSPS) is 11.4. The van der Waals surface area contributed by atoms with Crippen LogP contribution in [0.3, 0.4) is 0 Å². The second-order valence-corrected chi connectivity index (χ2v) is 7.03. The molecule has 0 aromatic heterocycles. The molecule has 0 saturated carbocycles. The predicted molar refractivity (Wildman–Crippen MR) is 84.3 cm³/mol. The molecule has 0 aliphatic carbocycles. The summed E-state index contributed by atoms with van der Waals surface area (Å²) in [5, 5.41) is 0.342. The molecule has 2 aromatic rings. The van der Waals surface area contributed by atoms with E-state index in [0.29, 0.717) is 15.1 Å². The highest BCUT2D eigenvalue weighted by Crippen LogP contribution is 2.31. The smallest absolute Gasteiger partial charge is 0.264 e. The zero-order chi connectivity index (χ0) is 15.6. The van der Waals surface area contributed by atoms with Gasteiger partial charge in [-0.05, 0) is 45.8 Å². The van der Waals surface area contributed by atoms with Crippen molar-refractivity contribution < 1.29 is 12.8 Å². The molecule has 0 unspecified atom stereocenters. The Kier molecular flexibility index (Phi) is 4.88. The zero-order valence-electron chi connectivity index (χ0n) is 10.6. The molecule has 0 amide bonds. The molecule has 0 aliphatic heterocycles. The van der Waals surface area contributed by atoms with Crippen molar-refractivity contribution in [2.24, 2.45) is 5.73 Å². The highest BCUT2D eigenvalue weighted by Gasteiger charge is 2.20. The zero-order valence-corrected chi connectivity index (χ0v) is 13.8. The first-order chi connectivity index (χ1) is 9.85. The van der Waals surface area contributed by atoms with Crippen LogP contribution in [-0.4, -0.2) is 8.42 Å². The van der Waals surface area contributed by atoms with Gasteiger partial charge >= 0.3 is 0 Å². The number of hydrogen-bond donors (Lipinski definition) is 2. The van der Waals surface area contributed by atoms with Crippen LogP contribution in [0.15, 0.2) is 45.8 Å². The summed E-state index contributed by atoms with van der Waals surface area (Å²) in [5.74, 6) is -0.858. The number of halogens is 3. The first-order valence-electron chi connectivity index (χ1n) is 5.80. The first kappa shape index (κ1) is 16.2. The number of rotatable bonds is 4. The minimum atomic E-state index is -4.06. The van der Waals surface area contributed by atoms with Gasteiger partial charge in [0.2, 0.25) is 0 Å². The van der Waals surface area contributed by atoms with E-state index in [1.54, 1.807) is 12.1 Å². The number of sulfonamides is 1. The molecule has 112 valence electrons. The van der Waals surface area contributed by atoms with Gasteiger partial charge in [0, 0.05) is 6.54 Å². The van der Waals surface area contributed by atoms with Gasteiger partial charge in [-0.3, -0.25) is 4.72 Å². The maximum atomic E-state index is 13.9. The number of nitrogens with two attached hydrogens (primary N) is 1. The summed E-state index contributed by atoms with van der Waals surface area (Å²) >= 11 is 9.07. The summed E-state index contributed by atoms with van der Waals surface area (Å²) in [6, 6.07) is 8.43. The molecule has 0 spiro atoms. The van der Waals surface area contributed by atoms with Crippen molar-refractivity contribution in [2.75, 3.05) is 4.72 Å². The average molecular weight is 394 g/mol. The van der Waals surface area contributed by atoms with Crippen molar-refractivity contribution in [3.05, 3.63) is 57.3 Å². The van der Waals surface area contributed by atoms with E-state index in [9.17, 15) is 12.8 Å². The van der Waals surface area contributed by atoms with Crippen molar-refractivity contribution in [2.45, 2.75) is 11.4 Å². The molecule has 4 nitrogen and oxygen atoms in total. The maximum absolute atomic E-state index is 13.9. The fourth-order valence-corrected chi connectivity index (χ4v) is 3.47. The van der Waals surface area contributed by atoms with Gasteiger partial charge in [0.05, 0.1) is 15.2 Å². The third-order valence-corrected chi connectivity index (χ3v) is 5.51. The third-order valence-electron chi connectivity index (χ3n) is 2.72. The number of benzene rings is 2. The summed E-state index contributed by atoms with van der Waals surface area (Å²) in [4.78, 5) is -0.452. The molecule has 2 aromatic carbocycles. The van der Waals surface area contributed by atoms with E-state index in [1.807, 2.05) is 0 Å². The van der Waals surface area contributed by atoms with Gasteiger partial charge in [0.25, 0.3) is 10.0 Å². The molecule has 2 rings (SSSR count). The van der Waals surface area contributed by atoms with E-state index in [1.165, 1.54) is 18.2 Å². The van der Waals surface area contributed by atoms with Crippen LogP contribution in [0.4, 0.5) is 10.1 Å². The summed E-state index contributed by atoms with van der Waals surface area (Å²) in [5.41, 5.74) is 6.12. The van der Waals surface area contributed by atoms with Gasteiger partial charge in [-0.15, -0.1) is 0 Å². The Labute approximate surface area is 135 Å². The molecule has 0 aliphatic rings. The molecule has 0 radical (unpaired) electrons. The summed E-state index contributed by atoms with van der Waals surface area (Å²) in [6.45, 7) is 0.129. The predicted octanol–water partition coefficient (Wildman–Crippen LogP) is 3.50. The van der Waals surface area contributed by atoms with Crippen LogP contribution in [0.25, 0.3) is 0 Å². The fourth-order valence-electron chi connectivity index (χ4n) is 1.67. The van der Waals surface area contributed by atoms with Crippen molar-refractivity contribution >= 4 is 43.2 Å². The fraction of sp³-hybridized carbons (Fsp3) is 0.0769. The third kappa shape index (κ3) is 3.55. The Morgan fingerprint density at radius 3 is 2.62 bits per heavy atom. The van der Waals surface area contributed by atoms with Crippen molar-refractivity contribution in [3.63, 3.8) is 0 Å². The van der Waals surface area contributed by atoms with Gasteiger partial charge in [-0.2, -0.15) is 0 Å². The monoisotopic (exact) mass is 392 g/mol. The van der Waals surface area contributed by atoms with Crippen LogP contribution < -0.4 is 10.5 Å². The Bertz CT molecular complexity index is 784. The molecule has 0 saturated heterocycles. The van der Waals surface area contributed by atoms with Gasteiger partial charge in [0.1, 0.15) is 10.7 Å². The standard InChI is InChI=1S/C13H11BrClFN2O2S/c14-13-9(15)2-1-3-11(13)18-21(19,20)12-5-4-8(7-17)6-10(12)16/h1-6,18H,7,17H2. The van der Waals surface area contributed by atoms with Crippen LogP contribution in [0.5, 0.6) is 0 Å². The van der Waals surface area contributed by atoms with Gasteiger partial charge in [0.15, 0.2) is 0 Å². The number of nitrogens with one attached hydrogen (secondary N) is 1. The number of hydrogen-bond acceptors (Lipinski definition) is 3. The maximum Gasteiger partial charge on any atom is 0.264 e. The molecule has 0 fully saturated rings. The first-order valence-corrected chi connectivity index (χ1v) is 8.46. The average Bonchev–Trinajstić information content (AvgIpc) is 2.43. The Balaban J connectivity index is 2.41. The number of anilines is 1. The quantitative estimate of drug-likeness (QED) is 0.835. The van der Waals surface area contributed by atoms with E-state index < -0.39 is 20.7 Å². The van der Waals surface area contributed by atoms with Crippen LogP contribution in [0, 0.1) is 5.82 Å². The molecule has 0 atom stereocenters. The van der Waals surface area contributed by atoms with Crippen LogP contribution in [-0.2, 0) is 16.6 Å². The molecular weight excluding hydrogens is 383 g/mol. The van der Waals surface area contributed by atoms with Gasteiger partial charge < -0.3 is 5.73 Å². The second kappa shape index (κ2) is 6.31. The molecule has 0 bridgehead atoms. The Morgan fingerprint density at radius 1 is 1.29 bits per heavy atom. The van der Waals surface area contributed by atoms with Crippen molar-refractivity contribution in [1.82, 2.24) is 0 Å². The van der Waals surface area contributed by atoms with E-state index in [4.69, 9.17) is 17.3 Å². The minimum absolute atomic E-state index is 0.129. The van der Waals surface area contributed by atoms with Gasteiger partial charge in [-0.25, -0.2) is 12.8 Å². The Hall–Kier alpha value is -1.15. The molecule has 8 heteroatoms. The molecule has 3 N–H and O–H groups in total. The Morgan fingerprint density at radius 2 is 2.00 bits per heavy atom. The molecular formula is C13H11BrClFN2O2S. The van der Waals surface area contributed by atoms with Crippen molar-refractivity contribution in [3.8, 4) is 0 Å². The highest BCUT2D eigenvalue weighted by atomic mass is 79.9.